The van der Waals surface area contributed by atoms with E-state index >= 15 is 0 Å². The van der Waals surface area contributed by atoms with Crippen LogP contribution in [0, 0.1) is 0 Å². The Morgan fingerprint density at radius 2 is 0.737 bits per heavy atom. The van der Waals surface area contributed by atoms with Crippen LogP contribution in [0.5, 0.6) is 0 Å². The molecule has 3 aliphatic rings. The van der Waals surface area contributed by atoms with Crippen LogP contribution in [0.1, 0.15) is 27.7 Å². The van der Waals surface area contributed by atoms with Crippen molar-refractivity contribution in [3.05, 3.63) is 237 Å². The molecule has 99 heavy (non-hydrogen) atoms. The van der Waals surface area contributed by atoms with E-state index < -0.39 is 55.1 Å². The van der Waals surface area contributed by atoms with Crippen LogP contribution < -0.4 is 24.4 Å². The molecule has 0 aliphatic carbocycles. The summed E-state index contributed by atoms with van der Waals surface area (Å²) in [5.74, 6) is 2.20. The van der Waals surface area contributed by atoms with Crippen molar-refractivity contribution in [1.29, 1.82) is 0 Å². The van der Waals surface area contributed by atoms with Gasteiger partial charge in [0.2, 0.25) is 0 Å². The van der Waals surface area contributed by atoms with Crippen molar-refractivity contribution in [2.75, 3.05) is 47.8 Å². The normalized spacial score (nSPS) is 13.7. The average Bonchev–Trinajstić information content (AvgIpc) is 0.759. The van der Waals surface area contributed by atoms with Crippen LogP contribution in [0.4, 0.5) is 0 Å². The van der Waals surface area contributed by atoms with Crippen molar-refractivity contribution in [2.24, 2.45) is 0 Å². The Kier molecular flexibility index (Phi) is 24.5. The third-order valence-electron chi connectivity index (χ3n) is 17.1. The second-order valence-corrected chi connectivity index (χ2v) is 48.8. The largest absolute Gasteiger partial charge is 0.412 e. The standard InChI is InChI=1S/C41H33GeO6S4Si2.C19H22GeO2.C17H20O2S2Si.H2O/c1-44-42(33-24-27-12-4-5-13-30(27)31-14-6-7-15-32(31)33)47-53(43,28-20-22-38-40(25-28)51-36-18-10-8-16-34(36)49-38)48-54(45-2,46-3)29-21-23-39-41(26-29)52-37-19-11-9-17-35(37)50-39;1-4-21-20(3,22-5-2)19-14-15-10-6-7-11-16(15)17-12-8-9-13-18(17)19;1-4-18-22(3,19-5-2)13-10-11-16-17(12-13)21-15-9-7-6-8-14(15)20-16;/h4-26,43H,1-3H3;6-14H,4-5H2,1-3H3;6-12H,4-5H2,1-3H3;1H2. The maximum absolute atomic E-state index is 13.3. The quantitative estimate of drug-likeness (QED) is 0.0572. The zero-order chi connectivity index (χ0) is 68.0. The van der Waals surface area contributed by atoms with Gasteiger partial charge in [-0.1, -0.05) is 41.7 Å². The molecular formula is C77H77Ge2O11S6Si3. The van der Waals surface area contributed by atoms with Gasteiger partial charge in [0.25, 0.3) is 0 Å². The van der Waals surface area contributed by atoms with Crippen LogP contribution in [-0.4, -0.2) is 113 Å². The van der Waals surface area contributed by atoms with Gasteiger partial charge in [0.15, 0.2) is 0 Å². The predicted molar refractivity (Wildman–Crippen MR) is 420 cm³/mol. The van der Waals surface area contributed by atoms with Crippen molar-refractivity contribution in [2.45, 2.75) is 98.7 Å². The molecule has 1 atom stereocenters. The molecule has 0 fully saturated rings. The Morgan fingerprint density at radius 3 is 1.18 bits per heavy atom. The smallest absolute Gasteiger partial charge is 0.412 e. The molecule has 12 aromatic rings. The Bertz CT molecular complexity index is 4870. The SMILES string of the molecule is CCO[Si](C)(OCC)c1ccc2c(c1)Sc1ccccc1S2.CC[O][Ge]([CH3])([O]CC)[c]1cc2ccccc2c2ccccc12.C[O][Ge]([O][Si](O)(O[Si](OC)(OC)c1ccc2c(c1)Sc1ccccc1S2)c1ccc2c(c1)Sc1ccccc1S2)[c]1cc2ccccc2c2ccccc12.O. The molecule has 11 nitrogen and oxygen atoms in total. The molecule has 15 rings (SSSR count). The van der Waals surface area contributed by atoms with Gasteiger partial charge in [0, 0.05) is 32.8 Å². The topological polar surface area (TPSA) is 135 Å². The third-order valence-corrected chi connectivity index (χ3v) is 45.5. The summed E-state index contributed by atoms with van der Waals surface area (Å²) in [5, 5.41) is 12.0. The van der Waals surface area contributed by atoms with E-state index in [1.165, 1.54) is 65.4 Å². The van der Waals surface area contributed by atoms with Crippen molar-refractivity contribution in [3.8, 4) is 0 Å². The molecule has 3 N–H and O–H groups in total. The Hall–Kier alpha value is -4.92. The number of hydrogen-bond acceptors (Lipinski definition) is 16. The number of hydrogen-bond donors (Lipinski definition) is 1. The maximum atomic E-state index is 13.3. The molecule has 0 saturated carbocycles. The summed E-state index contributed by atoms with van der Waals surface area (Å²) in [7, 11) is -5.73. The summed E-state index contributed by atoms with van der Waals surface area (Å²) in [4.78, 5) is 27.7. The van der Waals surface area contributed by atoms with E-state index in [1.54, 1.807) is 68.4 Å². The van der Waals surface area contributed by atoms with Crippen molar-refractivity contribution < 1.29 is 46.8 Å². The predicted octanol–water partition coefficient (Wildman–Crippen LogP) is 16.8. The molecule has 0 spiro atoms. The van der Waals surface area contributed by atoms with Gasteiger partial charge in [0.05, 0.1) is 0 Å². The Labute approximate surface area is 617 Å². The molecule has 1 unspecified atom stereocenters. The molecule has 0 aromatic heterocycles. The van der Waals surface area contributed by atoms with E-state index in [0.29, 0.717) is 31.6 Å². The minimum atomic E-state index is -4.43. The fourth-order valence-corrected chi connectivity index (χ4v) is 39.4. The summed E-state index contributed by atoms with van der Waals surface area (Å²) in [6.45, 7) is 13.0. The van der Waals surface area contributed by atoms with E-state index in [4.69, 9.17) is 36.6 Å². The Morgan fingerprint density at radius 1 is 0.384 bits per heavy atom. The fourth-order valence-electron chi connectivity index (χ4n) is 12.5. The van der Waals surface area contributed by atoms with Gasteiger partial charge in [-0.15, -0.1) is 0 Å². The molecule has 0 bridgehead atoms. The summed E-state index contributed by atoms with van der Waals surface area (Å²) >= 11 is 4.26. The zero-order valence-corrected chi connectivity index (χ0v) is 68.5. The molecule has 0 amide bonds. The van der Waals surface area contributed by atoms with Gasteiger partial charge in [-0.3, -0.25) is 0 Å². The van der Waals surface area contributed by atoms with Crippen LogP contribution in [0.2, 0.25) is 12.3 Å². The first-order valence-electron chi connectivity index (χ1n) is 32.5. The molecule has 1 radical (unpaired) electrons. The van der Waals surface area contributed by atoms with Crippen molar-refractivity contribution in [1.82, 2.24) is 0 Å². The minimum absolute atomic E-state index is 0. The average molecular weight is 1600 g/mol. The molecule has 3 heterocycles. The van der Waals surface area contributed by atoms with Crippen LogP contribution in [-0.2, 0) is 36.6 Å². The first-order chi connectivity index (χ1) is 47.7. The molecule has 22 heteroatoms. The summed E-state index contributed by atoms with van der Waals surface area (Å²) < 4.78 is 59.7. The molecule has 12 aromatic carbocycles. The van der Waals surface area contributed by atoms with Gasteiger partial charge >= 0.3 is 484 Å². The monoisotopic (exact) mass is 1600 g/mol. The van der Waals surface area contributed by atoms with Crippen LogP contribution in [0.25, 0.3) is 43.1 Å². The second-order valence-electron chi connectivity index (χ2n) is 23.2. The van der Waals surface area contributed by atoms with Gasteiger partial charge in [-0.05, 0) is 49.8 Å². The van der Waals surface area contributed by atoms with E-state index in [0.717, 1.165) is 55.6 Å². The summed E-state index contributed by atoms with van der Waals surface area (Å²) in [6.07, 6.45) is 0. The van der Waals surface area contributed by atoms with Crippen LogP contribution in [0.3, 0.4) is 0 Å². The summed E-state index contributed by atoms with van der Waals surface area (Å²) in [6, 6.07) is 82.3. The number of rotatable bonds is 20. The fraction of sp³-hybridized carbons (Fsp3) is 0.169. The van der Waals surface area contributed by atoms with Crippen molar-refractivity contribution >= 4 is 193 Å². The van der Waals surface area contributed by atoms with Crippen molar-refractivity contribution in [3.63, 3.8) is 0 Å². The van der Waals surface area contributed by atoms with Gasteiger partial charge in [-0.25, -0.2) is 0 Å². The van der Waals surface area contributed by atoms with E-state index in [2.05, 4.69) is 200 Å². The molecule has 507 valence electrons. The first kappa shape index (κ1) is 73.8. The molecule has 0 saturated heterocycles. The molecular weight excluding hydrogens is 1520 g/mol. The summed E-state index contributed by atoms with van der Waals surface area (Å²) in [5.41, 5.74) is 0. The van der Waals surface area contributed by atoms with Crippen LogP contribution >= 0.6 is 70.6 Å². The van der Waals surface area contributed by atoms with Gasteiger partial charge in [0.1, 0.15) is 0 Å². The van der Waals surface area contributed by atoms with E-state index in [1.807, 2.05) is 99.7 Å². The maximum Gasteiger partial charge on any atom is -0.412 e. The van der Waals surface area contributed by atoms with Gasteiger partial charge in [-0.2, -0.15) is 0 Å². The van der Waals surface area contributed by atoms with Gasteiger partial charge < -0.3 is 14.3 Å². The Balaban J connectivity index is 0.000000169. The van der Waals surface area contributed by atoms with Crippen LogP contribution in [0.15, 0.2) is 295 Å². The van der Waals surface area contributed by atoms with E-state index in [9.17, 15) is 4.80 Å². The second kappa shape index (κ2) is 32.8. The minimum Gasteiger partial charge on any atom is -0.412 e. The zero-order valence-electron chi connectivity index (χ0n) is 56.4. The van der Waals surface area contributed by atoms with E-state index in [-0.39, 0.29) is 5.48 Å². The number of fused-ring (bicyclic) bond motifs is 12. The first-order valence-corrected chi connectivity index (χ1v) is 50.9. The number of benzene rings is 12. The third kappa shape index (κ3) is 15.7. The molecule has 3 aliphatic heterocycles.